The van der Waals surface area contributed by atoms with E-state index in [1.165, 1.54) is 0 Å². The van der Waals surface area contributed by atoms with E-state index < -0.39 is 0 Å². The minimum Gasteiger partial charge on any atom is -0.376 e. The van der Waals surface area contributed by atoms with Gasteiger partial charge in [-0.25, -0.2) is 4.79 Å². The number of nitrogens with zero attached hydrogens (tertiary/aromatic N) is 2. The molecule has 0 spiro atoms. The molecule has 0 saturated carbocycles. The van der Waals surface area contributed by atoms with Gasteiger partial charge < -0.3 is 24.6 Å². The van der Waals surface area contributed by atoms with Crippen LogP contribution in [0.25, 0.3) is 0 Å². The van der Waals surface area contributed by atoms with Gasteiger partial charge in [0.05, 0.1) is 25.9 Å². The summed E-state index contributed by atoms with van der Waals surface area (Å²) in [7, 11) is 3.56. The van der Waals surface area contributed by atoms with E-state index in [1.807, 2.05) is 4.90 Å². The van der Waals surface area contributed by atoms with Gasteiger partial charge >= 0.3 is 6.03 Å². The quantitative estimate of drug-likeness (QED) is 0.810. The zero-order chi connectivity index (χ0) is 15.9. The molecule has 0 aromatic rings. The summed E-state index contributed by atoms with van der Waals surface area (Å²) in [6.07, 6.45) is 2.30. The van der Waals surface area contributed by atoms with Crippen LogP contribution in [0.3, 0.4) is 0 Å². The molecule has 0 aromatic carbocycles. The number of nitrogens with one attached hydrogen (secondary N) is 1. The molecule has 7 nitrogen and oxygen atoms in total. The van der Waals surface area contributed by atoms with Crippen molar-refractivity contribution in [2.45, 2.75) is 25.4 Å². The fourth-order valence-electron chi connectivity index (χ4n) is 2.74. The molecule has 3 amide bonds. The summed E-state index contributed by atoms with van der Waals surface area (Å²) in [6, 6.07) is -0.0495. The van der Waals surface area contributed by atoms with Crippen molar-refractivity contribution in [2.24, 2.45) is 5.92 Å². The van der Waals surface area contributed by atoms with E-state index in [1.54, 1.807) is 19.0 Å². The van der Waals surface area contributed by atoms with Crippen molar-refractivity contribution >= 4 is 11.9 Å². The Morgan fingerprint density at radius 3 is 2.55 bits per heavy atom. The molecule has 2 rings (SSSR count). The fraction of sp³-hybridized carbons (Fsp3) is 0.867. The average Bonchev–Trinajstić information content (AvgIpc) is 2.54. The number of urea groups is 1. The van der Waals surface area contributed by atoms with Crippen LogP contribution in [0.5, 0.6) is 0 Å². The second-order valence-electron chi connectivity index (χ2n) is 6.18. The topological polar surface area (TPSA) is 71.1 Å². The van der Waals surface area contributed by atoms with Gasteiger partial charge in [-0.15, -0.1) is 0 Å². The molecule has 0 aromatic heterocycles. The summed E-state index contributed by atoms with van der Waals surface area (Å²) in [5.74, 6) is 0.548. The van der Waals surface area contributed by atoms with Crippen LogP contribution in [0, 0.1) is 5.92 Å². The fourth-order valence-corrected chi connectivity index (χ4v) is 2.74. The predicted molar refractivity (Wildman–Crippen MR) is 81.6 cm³/mol. The second kappa shape index (κ2) is 8.33. The zero-order valence-corrected chi connectivity index (χ0v) is 13.5. The summed E-state index contributed by atoms with van der Waals surface area (Å²) in [4.78, 5) is 27.3. The number of likely N-dealkylation sites (tertiary alicyclic amines) is 1. The van der Waals surface area contributed by atoms with Gasteiger partial charge in [-0.3, -0.25) is 4.79 Å². The number of ether oxygens (including phenoxy) is 2. The lowest BCUT2D eigenvalue weighted by molar-refractivity contribution is -0.129. The molecule has 7 heteroatoms. The van der Waals surface area contributed by atoms with E-state index in [4.69, 9.17) is 9.47 Å². The lowest BCUT2D eigenvalue weighted by atomic mass is 9.93. The summed E-state index contributed by atoms with van der Waals surface area (Å²) < 4.78 is 10.8. The first-order valence-corrected chi connectivity index (χ1v) is 7.98. The van der Waals surface area contributed by atoms with Crippen molar-refractivity contribution in [3.63, 3.8) is 0 Å². The van der Waals surface area contributed by atoms with Crippen molar-refractivity contribution in [1.29, 1.82) is 0 Å². The van der Waals surface area contributed by atoms with E-state index in [2.05, 4.69) is 5.32 Å². The molecular formula is C15H27N3O4. The van der Waals surface area contributed by atoms with Crippen molar-refractivity contribution in [3.8, 4) is 0 Å². The SMILES string of the molecule is CN(C)C(=O)CC1CCN(C(=O)NCC2COCCO2)CC1. The molecule has 0 aliphatic carbocycles. The summed E-state index contributed by atoms with van der Waals surface area (Å²) in [5, 5.41) is 2.90. The molecule has 126 valence electrons. The number of amides is 3. The first-order chi connectivity index (χ1) is 10.6. The Hall–Kier alpha value is -1.34. The standard InChI is InChI=1S/C15H27N3O4/c1-17(2)14(19)9-12-3-5-18(6-4-12)15(20)16-10-13-11-21-7-8-22-13/h12-13H,3-11H2,1-2H3,(H,16,20). The minimum atomic E-state index is -0.0495. The van der Waals surface area contributed by atoms with Crippen LogP contribution in [-0.2, 0) is 14.3 Å². The Bertz CT molecular complexity index is 375. The molecule has 2 saturated heterocycles. The third-order valence-electron chi connectivity index (χ3n) is 4.23. The lowest BCUT2D eigenvalue weighted by Crippen LogP contribution is -2.48. The molecule has 1 unspecified atom stereocenters. The first-order valence-electron chi connectivity index (χ1n) is 7.98. The second-order valence-corrected chi connectivity index (χ2v) is 6.18. The average molecular weight is 313 g/mol. The van der Waals surface area contributed by atoms with Gasteiger partial charge in [0.1, 0.15) is 0 Å². The summed E-state index contributed by atoms with van der Waals surface area (Å²) >= 11 is 0. The van der Waals surface area contributed by atoms with Gasteiger partial charge in [0, 0.05) is 40.2 Å². The van der Waals surface area contributed by atoms with Crippen molar-refractivity contribution in [2.75, 3.05) is 53.6 Å². The predicted octanol–water partition coefficient (Wildman–Crippen LogP) is 0.302. The van der Waals surface area contributed by atoms with Crippen molar-refractivity contribution in [1.82, 2.24) is 15.1 Å². The van der Waals surface area contributed by atoms with Crippen LogP contribution in [0.1, 0.15) is 19.3 Å². The number of hydrogen-bond donors (Lipinski definition) is 1. The number of carbonyl (C=O) groups excluding carboxylic acids is 2. The number of rotatable bonds is 4. The first kappa shape index (κ1) is 17.0. The molecule has 2 fully saturated rings. The molecule has 2 aliphatic heterocycles. The van der Waals surface area contributed by atoms with Gasteiger partial charge in [-0.1, -0.05) is 0 Å². The molecule has 1 atom stereocenters. The number of hydrogen-bond acceptors (Lipinski definition) is 4. The van der Waals surface area contributed by atoms with Crippen LogP contribution in [0.15, 0.2) is 0 Å². The van der Waals surface area contributed by atoms with Gasteiger partial charge in [-0.2, -0.15) is 0 Å². The third-order valence-corrected chi connectivity index (χ3v) is 4.23. The Kier molecular flexibility index (Phi) is 6.45. The van der Waals surface area contributed by atoms with Crippen molar-refractivity contribution < 1.29 is 19.1 Å². The molecular weight excluding hydrogens is 286 g/mol. The highest BCUT2D eigenvalue weighted by Gasteiger charge is 2.25. The van der Waals surface area contributed by atoms with E-state index >= 15 is 0 Å². The van der Waals surface area contributed by atoms with Crippen LogP contribution < -0.4 is 5.32 Å². The molecule has 1 N–H and O–H groups in total. The number of piperidine rings is 1. The molecule has 0 bridgehead atoms. The lowest BCUT2D eigenvalue weighted by Gasteiger charge is -2.32. The van der Waals surface area contributed by atoms with Gasteiger partial charge in [0.25, 0.3) is 0 Å². The Labute approximate surface area is 131 Å². The maximum Gasteiger partial charge on any atom is 0.317 e. The third kappa shape index (κ3) is 5.14. The molecule has 22 heavy (non-hydrogen) atoms. The number of carbonyl (C=O) groups is 2. The molecule has 0 radical (unpaired) electrons. The van der Waals surface area contributed by atoms with Crippen LogP contribution in [0.4, 0.5) is 4.79 Å². The van der Waals surface area contributed by atoms with E-state index in [0.29, 0.717) is 51.8 Å². The highest BCUT2D eigenvalue weighted by molar-refractivity contribution is 5.76. The van der Waals surface area contributed by atoms with E-state index in [-0.39, 0.29) is 18.0 Å². The monoisotopic (exact) mass is 313 g/mol. The molecule has 2 aliphatic rings. The summed E-state index contributed by atoms with van der Waals surface area (Å²) in [5.41, 5.74) is 0. The van der Waals surface area contributed by atoms with Gasteiger partial charge in [0.2, 0.25) is 5.91 Å². The van der Waals surface area contributed by atoms with Crippen LogP contribution in [-0.4, -0.2) is 81.4 Å². The smallest absolute Gasteiger partial charge is 0.317 e. The maximum absolute atomic E-state index is 12.1. The van der Waals surface area contributed by atoms with Gasteiger partial charge in [-0.05, 0) is 18.8 Å². The highest BCUT2D eigenvalue weighted by atomic mass is 16.6. The Balaban J connectivity index is 1.65. The van der Waals surface area contributed by atoms with E-state index in [9.17, 15) is 9.59 Å². The van der Waals surface area contributed by atoms with Crippen molar-refractivity contribution in [3.05, 3.63) is 0 Å². The highest BCUT2D eigenvalue weighted by Crippen LogP contribution is 2.21. The van der Waals surface area contributed by atoms with Crippen LogP contribution >= 0.6 is 0 Å². The largest absolute Gasteiger partial charge is 0.376 e. The zero-order valence-electron chi connectivity index (χ0n) is 13.5. The normalized spacial score (nSPS) is 23.2. The van der Waals surface area contributed by atoms with Crippen LogP contribution in [0.2, 0.25) is 0 Å². The Morgan fingerprint density at radius 2 is 1.95 bits per heavy atom. The van der Waals surface area contributed by atoms with E-state index in [0.717, 1.165) is 12.8 Å². The summed E-state index contributed by atoms with van der Waals surface area (Å²) in [6.45, 7) is 3.65. The maximum atomic E-state index is 12.1. The Morgan fingerprint density at radius 1 is 1.23 bits per heavy atom. The minimum absolute atomic E-state index is 0.0482. The van der Waals surface area contributed by atoms with Gasteiger partial charge in [0.15, 0.2) is 0 Å². The molecule has 2 heterocycles.